The van der Waals surface area contributed by atoms with Crippen molar-refractivity contribution in [1.29, 1.82) is 0 Å². The number of aromatic carboxylic acids is 1. The lowest BCUT2D eigenvalue weighted by Crippen LogP contribution is -2.04. The molecule has 22 heavy (non-hydrogen) atoms. The third-order valence-electron chi connectivity index (χ3n) is 3.64. The van der Waals surface area contributed by atoms with Gasteiger partial charge in [0.05, 0.1) is 5.69 Å². The van der Waals surface area contributed by atoms with Gasteiger partial charge in [0.1, 0.15) is 6.61 Å². The fourth-order valence-electron chi connectivity index (χ4n) is 2.45. The van der Waals surface area contributed by atoms with E-state index in [1.54, 1.807) is 29.7 Å². The highest BCUT2D eigenvalue weighted by molar-refractivity contribution is 5.88. The molecule has 5 nitrogen and oxygen atoms in total. The smallest absolute Gasteiger partial charge is 0.354 e. The highest BCUT2D eigenvalue weighted by Gasteiger charge is 2.17. The van der Waals surface area contributed by atoms with Crippen molar-refractivity contribution in [3.63, 3.8) is 0 Å². The molecule has 0 unspecified atom stereocenters. The molecule has 0 fully saturated rings. The second-order valence-electron chi connectivity index (χ2n) is 5.13. The number of benzene rings is 1. The van der Waals surface area contributed by atoms with Gasteiger partial charge in [0.15, 0.2) is 17.1 Å². The van der Waals surface area contributed by atoms with Crippen molar-refractivity contribution in [2.24, 2.45) is 0 Å². The number of nitrogens with zero attached hydrogens (tertiary/aromatic N) is 2. The number of rotatable bonds is 4. The first-order chi connectivity index (χ1) is 10.6. The molecule has 0 aliphatic carbocycles. The maximum atomic E-state index is 11.3. The van der Waals surface area contributed by atoms with Crippen LogP contribution in [0.2, 0.25) is 0 Å². The van der Waals surface area contributed by atoms with Gasteiger partial charge >= 0.3 is 5.97 Å². The standard InChI is InChI=1S/C17H16N2O3/c1-11-6-3-4-7-13(11)10-22-14-8-5-9-19-15(17(20)21)12(2)18-16(14)19/h3-9H,10H2,1-2H3,(H,20,21). The summed E-state index contributed by atoms with van der Waals surface area (Å²) in [4.78, 5) is 15.7. The number of aryl methyl sites for hydroxylation is 2. The molecule has 0 amide bonds. The quantitative estimate of drug-likeness (QED) is 0.803. The van der Waals surface area contributed by atoms with E-state index in [4.69, 9.17) is 4.74 Å². The van der Waals surface area contributed by atoms with Crippen molar-refractivity contribution in [3.05, 3.63) is 65.1 Å². The number of aromatic nitrogens is 2. The minimum absolute atomic E-state index is 0.163. The molecule has 0 aliphatic rings. The van der Waals surface area contributed by atoms with Crippen LogP contribution >= 0.6 is 0 Å². The lowest BCUT2D eigenvalue weighted by molar-refractivity contribution is 0.0688. The van der Waals surface area contributed by atoms with Gasteiger partial charge in [-0.3, -0.25) is 4.40 Å². The van der Waals surface area contributed by atoms with Crippen molar-refractivity contribution >= 4 is 11.6 Å². The van der Waals surface area contributed by atoms with Crippen LogP contribution in [0.1, 0.15) is 27.3 Å². The fourth-order valence-corrected chi connectivity index (χ4v) is 2.45. The third-order valence-corrected chi connectivity index (χ3v) is 3.64. The second-order valence-corrected chi connectivity index (χ2v) is 5.13. The zero-order chi connectivity index (χ0) is 15.7. The Morgan fingerprint density at radius 2 is 2.00 bits per heavy atom. The summed E-state index contributed by atoms with van der Waals surface area (Å²) in [6.45, 7) is 4.13. The molecule has 0 atom stereocenters. The molecule has 5 heteroatoms. The van der Waals surface area contributed by atoms with Gasteiger partial charge < -0.3 is 9.84 Å². The lowest BCUT2D eigenvalue weighted by atomic mass is 10.1. The van der Waals surface area contributed by atoms with Crippen LogP contribution in [0, 0.1) is 13.8 Å². The number of pyridine rings is 1. The van der Waals surface area contributed by atoms with E-state index < -0.39 is 5.97 Å². The van der Waals surface area contributed by atoms with E-state index in [1.165, 1.54) is 0 Å². The second kappa shape index (κ2) is 5.52. The minimum Gasteiger partial charge on any atom is -0.485 e. The van der Waals surface area contributed by atoms with E-state index >= 15 is 0 Å². The van der Waals surface area contributed by atoms with Gasteiger partial charge in [-0.25, -0.2) is 9.78 Å². The highest BCUT2D eigenvalue weighted by atomic mass is 16.5. The van der Waals surface area contributed by atoms with Gasteiger partial charge in [-0.15, -0.1) is 0 Å². The zero-order valence-corrected chi connectivity index (χ0v) is 12.4. The average Bonchev–Trinajstić information content (AvgIpc) is 2.83. The molecular weight excluding hydrogens is 280 g/mol. The van der Waals surface area contributed by atoms with E-state index in [0.29, 0.717) is 23.7 Å². The van der Waals surface area contributed by atoms with Crippen LogP contribution in [-0.4, -0.2) is 20.5 Å². The van der Waals surface area contributed by atoms with Crippen molar-refractivity contribution < 1.29 is 14.6 Å². The van der Waals surface area contributed by atoms with Crippen molar-refractivity contribution in [1.82, 2.24) is 9.38 Å². The van der Waals surface area contributed by atoms with Gasteiger partial charge in [-0.1, -0.05) is 24.3 Å². The largest absolute Gasteiger partial charge is 0.485 e. The summed E-state index contributed by atoms with van der Waals surface area (Å²) in [5.41, 5.74) is 3.40. The number of carboxylic acid groups (broad SMARTS) is 1. The van der Waals surface area contributed by atoms with Crippen molar-refractivity contribution in [3.8, 4) is 5.75 Å². The molecule has 0 radical (unpaired) electrons. The predicted octanol–water partition coefficient (Wildman–Crippen LogP) is 3.23. The molecule has 0 aliphatic heterocycles. The summed E-state index contributed by atoms with van der Waals surface area (Å²) in [5.74, 6) is -0.428. The molecule has 0 spiro atoms. The maximum Gasteiger partial charge on any atom is 0.354 e. The first kappa shape index (κ1) is 14.1. The Kier molecular flexibility index (Phi) is 3.55. The molecule has 3 aromatic rings. The Balaban J connectivity index is 1.97. The van der Waals surface area contributed by atoms with Crippen molar-refractivity contribution in [2.75, 3.05) is 0 Å². The molecule has 2 heterocycles. The molecule has 0 bridgehead atoms. The lowest BCUT2D eigenvalue weighted by Gasteiger charge is -2.09. The Morgan fingerprint density at radius 1 is 1.23 bits per heavy atom. The molecule has 1 aromatic carbocycles. The number of fused-ring (bicyclic) bond motifs is 1. The molecule has 2 aromatic heterocycles. The summed E-state index contributed by atoms with van der Waals surface area (Å²) in [5, 5.41) is 9.29. The summed E-state index contributed by atoms with van der Waals surface area (Å²) >= 11 is 0. The van der Waals surface area contributed by atoms with Gasteiger partial charge in [0.2, 0.25) is 0 Å². The number of hydrogen-bond acceptors (Lipinski definition) is 3. The SMILES string of the molecule is Cc1ccccc1COc1cccn2c(C(=O)O)c(C)nc12. The highest BCUT2D eigenvalue weighted by Crippen LogP contribution is 2.23. The van der Waals surface area contributed by atoms with E-state index in [2.05, 4.69) is 4.98 Å². The fraction of sp³-hybridized carbons (Fsp3) is 0.176. The third kappa shape index (κ3) is 2.41. The van der Waals surface area contributed by atoms with Crippen molar-refractivity contribution in [2.45, 2.75) is 20.5 Å². The van der Waals surface area contributed by atoms with Crippen LogP contribution in [0.25, 0.3) is 5.65 Å². The van der Waals surface area contributed by atoms with E-state index in [-0.39, 0.29) is 5.69 Å². The normalized spacial score (nSPS) is 10.8. The van der Waals surface area contributed by atoms with Crippen LogP contribution in [0.3, 0.4) is 0 Å². The molecule has 0 saturated heterocycles. The number of ether oxygens (including phenoxy) is 1. The molecule has 0 saturated carbocycles. The first-order valence-corrected chi connectivity index (χ1v) is 6.96. The van der Waals surface area contributed by atoms with Gasteiger partial charge in [0.25, 0.3) is 0 Å². The van der Waals surface area contributed by atoms with E-state index in [0.717, 1.165) is 11.1 Å². The average molecular weight is 296 g/mol. The van der Waals surface area contributed by atoms with Gasteiger partial charge in [-0.2, -0.15) is 0 Å². The Bertz CT molecular complexity index is 852. The topological polar surface area (TPSA) is 63.8 Å². The van der Waals surface area contributed by atoms with Crippen LogP contribution in [-0.2, 0) is 6.61 Å². The van der Waals surface area contributed by atoms with E-state index in [9.17, 15) is 9.90 Å². The number of carboxylic acids is 1. The zero-order valence-electron chi connectivity index (χ0n) is 12.4. The van der Waals surface area contributed by atoms with Crippen LogP contribution in [0.5, 0.6) is 5.75 Å². The summed E-state index contributed by atoms with van der Waals surface area (Å²) in [7, 11) is 0. The van der Waals surface area contributed by atoms with Gasteiger partial charge in [-0.05, 0) is 37.1 Å². The predicted molar refractivity (Wildman–Crippen MR) is 82.4 cm³/mol. The maximum absolute atomic E-state index is 11.3. The number of carbonyl (C=O) groups is 1. The molecule has 1 N–H and O–H groups in total. The summed E-state index contributed by atoms with van der Waals surface area (Å²) in [6.07, 6.45) is 1.68. The summed E-state index contributed by atoms with van der Waals surface area (Å²) in [6, 6.07) is 11.5. The monoisotopic (exact) mass is 296 g/mol. The molecular formula is C17H16N2O3. The Morgan fingerprint density at radius 3 is 2.73 bits per heavy atom. The Labute approximate surface area is 127 Å². The van der Waals surface area contributed by atoms with Crippen LogP contribution in [0.15, 0.2) is 42.6 Å². The number of hydrogen-bond donors (Lipinski definition) is 1. The van der Waals surface area contributed by atoms with Crippen LogP contribution in [0.4, 0.5) is 0 Å². The first-order valence-electron chi connectivity index (χ1n) is 6.96. The van der Waals surface area contributed by atoms with Gasteiger partial charge in [0, 0.05) is 6.20 Å². The Hall–Kier alpha value is -2.82. The molecule has 3 rings (SSSR count). The number of imidazole rings is 1. The molecule has 112 valence electrons. The van der Waals surface area contributed by atoms with Crippen LogP contribution < -0.4 is 4.74 Å². The summed E-state index contributed by atoms with van der Waals surface area (Å²) < 4.78 is 7.40. The minimum atomic E-state index is -0.999. The van der Waals surface area contributed by atoms with E-state index in [1.807, 2.05) is 31.2 Å².